The first-order chi connectivity index (χ1) is 14.9. The highest BCUT2D eigenvalue weighted by Gasteiger charge is 2.27. The maximum Gasteiger partial charge on any atom is 0.261 e. The number of carbonyl (C=O) groups is 2. The van der Waals surface area contributed by atoms with E-state index in [-0.39, 0.29) is 29.9 Å². The van der Waals surface area contributed by atoms with Crippen LogP contribution in [0.4, 0.5) is 0 Å². The van der Waals surface area contributed by atoms with E-state index >= 15 is 0 Å². The van der Waals surface area contributed by atoms with E-state index in [4.69, 9.17) is 4.74 Å². The molecular formula is C25H32Br2N2O3. The van der Waals surface area contributed by atoms with Gasteiger partial charge < -0.3 is 15.0 Å². The van der Waals surface area contributed by atoms with Gasteiger partial charge >= 0.3 is 0 Å². The van der Waals surface area contributed by atoms with E-state index in [1.54, 1.807) is 11.8 Å². The average molecular weight is 568 g/mol. The maximum absolute atomic E-state index is 13.2. The third kappa shape index (κ3) is 7.62. The quantitative estimate of drug-likeness (QED) is 0.436. The summed E-state index contributed by atoms with van der Waals surface area (Å²) in [6, 6.07) is 12.9. The summed E-state index contributed by atoms with van der Waals surface area (Å²) in [5.74, 6) is 0.135. The van der Waals surface area contributed by atoms with Crippen LogP contribution in [0.3, 0.4) is 0 Å². The van der Waals surface area contributed by atoms with Gasteiger partial charge in [0.25, 0.3) is 5.91 Å². The van der Waals surface area contributed by atoms with Gasteiger partial charge in [0.2, 0.25) is 5.91 Å². The summed E-state index contributed by atoms with van der Waals surface area (Å²) in [7, 11) is 0. The number of amides is 2. The number of nitrogens with zero attached hydrogens (tertiary/aromatic N) is 1. The van der Waals surface area contributed by atoms with Gasteiger partial charge in [-0.3, -0.25) is 9.59 Å². The normalized spacial score (nSPS) is 12.4. The van der Waals surface area contributed by atoms with Gasteiger partial charge in [0.15, 0.2) is 6.61 Å². The van der Waals surface area contributed by atoms with Gasteiger partial charge in [-0.05, 0) is 77.5 Å². The summed E-state index contributed by atoms with van der Waals surface area (Å²) in [6.07, 6.45) is 0. The van der Waals surface area contributed by atoms with Crippen molar-refractivity contribution in [1.82, 2.24) is 10.2 Å². The second-order valence-electron chi connectivity index (χ2n) is 9.17. The van der Waals surface area contributed by atoms with E-state index in [1.807, 2.05) is 56.3 Å². The van der Waals surface area contributed by atoms with Gasteiger partial charge in [-0.1, -0.05) is 54.9 Å². The summed E-state index contributed by atoms with van der Waals surface area (Å²) in [5.41, 5.74) is 2.10. The molecule has 0 radical (unpaired) electrons. The first-order valence-corrected chi connectivity index (χ1v) is 12.2. The van der Waals surface area contributed by atoms with Crippen molar-refractivity contribution in [2.75, 3.05) is 6.61 Å². The zero-order chi connectivity index (χ0) is 24.1. The highest BCUT2D eigenvalue weighted by molar-refractivity contribution is 9.10. The van der Waals surface area contributed by atoms with Crippen LogP contribution in [-0.4, -0.2) is 35.4 Å². The fourth-order valence-electron chi connectivity index (χ4n) is 3.13. The molecule has 0 aliphatic carbocycles. The van der Waals surface area contributed by atoms with Crippen LogP contribution in [0.1, 0.15) is 52.7 Å². The van der Waals surface area contributed by atoms with Crippen molar-refractivity contribution >= 4 is 43.7 Å². The molecule has 0 saturated carbocycles. The van der Waals surface area contributed by atoms with E-state index in [0.717, 1.165) is 14.5 Å². The van der Waals surface area contributed by atoms with Crippen molar-refractivity contribution in [1.29, 1.82) is 0 Å². The minimum Gasteiger partial charge on any atom is -0.483 e. The molecule has 1 N–H and O–H groups in total. The predicted molar refractivity (Wildman–Crippen MR) is 136 cm³/mol. The van der Waals surface area contributed by atoms with Crippen LogP contribution >= 0.6 is 31.9 Å². The van der Waals surface area contributed by atoms with E-state index in [9.17, 15) is 9.59 Å². The predicted octanol–water partition coefficient (Wildman–Crippen LogP) is 5.83. The van der Waals surface area contributed by atoms with Gasteiger partial charge in [0.05, 0.1) is 4.47 Å². The van der Waals surface area contributed by atoms with Crippen LogP contribution < -0.4 is 10.1 Å². The van der Waals surface area contributed by atoms with Crippen molar-refractivity contribution in [3.8, 4) is 5.75 Å². The van der Waals surface area contributed by atoms with Gasteiger partial charge in [-0.25, -0.2) is 0 Å². The molecule has 0 aliphatic rings. The Bertz CT molecular complexity index is 954. The van der Waals surface area contributed by atoms with E-state index in [2.05, 4.69) is 57.9 Å². The van der Waals surface area contributed by atoms with Crippen LogP contribution in [0.5, 0.6) is 5.75 Å². The lowest BCUT2D eigenvalue weighted by atomic mass is 9.87. The Labute approximate surface area is 208 Å². The molecule has 0 unspecified atom stereocenters. The Balaban J connectivity index is 2.19. The Morgan fingerprint density at radius 3 is 2.31 bits per heavy atom. The molecule has 0 fully saturated rings. The first kappa shape index (κ1) is 26.4. The Hall–Kier alpha value is -1.86. The van der Waals surface area contributed by atoms with Crippen molar-refractivity contribution in [3.05, 3.63) is 62.5 Å². The number of ether oxygens (including phenoxy) is 1. The van der Waals surface area contributed by atoms with E-state index in [0.29, 0.717) is 12.3 Å². The lowest BCUT2D eigenvalue weighted by Gasteiger charge is -2.29. The topological polar surface area (TPSA) is 58.6 Å². The minimum atomic E-state index is -0.640. The molecule has 0 heterocycles. The molecule has 0 aromatic heterocycles. The number of rotatable bonds is 8. The first-order valence-electron chi connectivity index (χ1n) is 10.7. The Kier molecular flexibility index (Phi) is 9.34. The van der Waals surface area contributed by atoms with Gasteiger partial charge in [0, 0.05) is 17.1 Å². The zero-order valence-corrected chi connectivity index (χ0v) is 22.7. The second kappa shape index (κ2) is 11.3. The third-order valence-corrected chi connectivity index (χ3v) is 6.10. The number of benzene rings is 2. The fraction of sp³-hybridized carbons (Fsp3) is 0.440. The summed E-state index contributed by atoms with van der Waals surface area (Å²) in [6.45, 7) is 12.1. The lowest BCUT2D eigenvalue weighted by Crippen LogP contribution is -2.50. The molecule has 0 spiro atoms. The SMILES string of the molecule is CC(C)NC(=O)[C@@H](C)N(Cc1cccc(Br)c1)C(=O)COc1ccc(C(C)(C)C)cc1Br. The molecule has 2 amide bonds. The largest absolute Gasteiger partial charge is 0.483 e. The van der Waals surface area contributed by atoms with Crippen LogP contribution in [0, 0.1) is 0 Å². The molecular weight excluding hydrogens is 536 g/mol. The van der Waals surface area contributed by atoms with Crippen molar-refractivity contribution in [3.63, 3.8) is 0 Å². The molecule has 2 rings (SSSR count). The molecule has 5 nitrogen and oxygen atoms in total. The lowest BCUT2D eigenvalue weighted by molar-refractivity contribution is -0.142. The van der Waals surface area contributed by atoms with Crippen LogP contribution in [-0.2, 0) is 21.5 Å². The second-order valence-corrected chi connectivity index (χ2v) is 10.9. The van der Waals surface area contributed by atoms with Crippen molar-refractivity contribution in [2.24, 2.45) is 0 Å². The smallest absolute Gasteiger partial charge is 0.261 e. The minimum absolute atomic E-state index is 0.0107. The fourth-order valence-corrected chi connectivity index (χ4v) is 4.07. The van der Waals surface area contributed by atoms with E-state index < -0.39 is 6.04 Å². The van der Waals surface area contributed by atoms with Gasteiger partial charge in [0.1, 0.15) is 11.8 Å². The Morgan fingerprint density at radius 2 is 1.75 bits per heavy atom. The summed E-state index contributed by atoms with van der Waals surface area (Å²) in [5, 5.41) is 2.89. The standard InChI is InChI=1S/C25H32Br2N2O3/c1-16(2)28-24(31)17(3)29(14-18-8-7-9-20(26)12-18)23(30)15-32-22-11-10-19(13-21(22)27)25(4,5)6/h7-13,16-17H,14-15H2,1-6H3,(H,28,31)/t17-/m1/s1. The molecule has 0 saturated heterocycles. The maximum atomic E-state index is 13.2. The van der Waals surface area contributed by atoms with Crippen LogP contribution in [0.15, 0.2) is 51.4 Å². The van der Waals surface area contributed by atoms with Crippen LogP contribution in [0.2, 0.25) is 0 Å². The van der Waals surface area contributed by atoms with Crippen molar-refractivity contribution < 1.29 is 14.3 Å². The number of carbonyl (C=O) groups excluding carboxylic acids is 2. The number of hydrogen-bond donors (Lipinski definition) is 1. The molecule has 7 heteroatoms. The monoisotopic (exact) mass is 566 g/mol. The molecule has 32 heavy (non-hydrogen) atoms. The number of halogens is 2. The number of hydrogen-bond acceptors (Lipinski definition) is 3. The van der Waals surface area contributed by atoms with Gasteiger partial charge in [-0.15, -0.1) is 0 Å². The van der Waals surface area contributed by atoms with Crippen molar-refractivity contribution in [2.45, 2.75) is 65.6 Å². The molecule has 0 bridgehead atoms. The summed E-state index contributed by atoms with van der Waals surface area (Å²) in [4.78, 5) is 27.4. The molecule has 1 atom stereocenters. The van der Waals surface area contributed by atoms with Gasteiger partial charge in [-0.2, -0.15) is 0 Å². The van der Waals surface area contributed by atoms with E-state index in [1.165, 1.54) is 5.56 Å². The zero-order valence-electron chi connectivity index (χ0n) is 19.5. The molecule has 174 valence electrons. The molecule has 2 aromatic carbocycles. The van der Waals surface area contributed by atoms with Crippen LogP contribution in [0.25, 0.3) is 0 Å². The Morgan fingerprint density at radius 1 is 1.06 bits per heavy atom. The molecule has 0 aliphatic heterocycles. The highest BCUT2D eigenvalue weighted by atomic mass is 79.9. The number of nitrogens with one attached hydrogen (secondary N) is 1. The average Bonchev–Trinajstić information content (AvgIpc) is 2.69. The summed E-state index contributed by atoms with van der Waals surface area (Å²) < 4.78 is 7.55. The summed E-state index contributed by atoms with van der Waals surface area (Å²) >= 11 is 7.01. The third-order valence-electron chi connectivity index (χ3n) is 4.99. The molecule has 2 aromatic rings. The highest BCUT2D eigenvalue weighted by Crippen LogP contribution is 2.31.